The number of rotatable bonds is 7. The number of carbonyl (C=O) groups excluding carboxylic acids is 2. The highest BCUT2D eigenvalue weighted by atomic mass is 32.2. The lowest BCUT2D eigenvalue weighted by Gasteiger charge is -2.16. The predicted octanol–water partition coefficient (Wildman–Crippen LogP) is 2.57. The summed E-state index contributed by atoms with van der Waals surface area (Å²) in [5, 5.41) is 6.71. The maximum Gasteiger partial charge on any atom is 0.262 e. The Morgan fingerprint density at radius 2 is 1.77 bits per heavy atom. The molecule has 0 saturated heterocycles. The number of primary amides is 1. The fourth-order valence-corrected chi connectivity index (χ4v) is 4.51. The molecule has 0 spiro atoms. The monoisotopic (exact) mass is 494 g/mol. The number of sulfonamides is 1. The van der Waals surface area contributed by atoms with Crippen LogP contribution in [0.1, 0.15) is 22.8 Å². The second-order valence-corrected chi connectivity index (χ2v) is 9.41. The van der Waals surface area contributed by atoms with Gasteiger partial charge in [-0.25, -0.2) is 12.9 Å². The van der Waals surface area contributed by atoms with Crippen molar-refractivity contribution in [2.24, 2.45) is 5.73 Å². The molecule has 0 aliphatic heterocycles. The molecule has 4 aromatic rings. The SMILES string of the molecule is COc1c(NS(=O)(=O)c2ccc(C)cc2)cc(-c2ccc3nc(NC(C)=O)nn3c2)cc1C(N)=O. The summed E-state index contributed by atoms with van der Waals surface area (Å²) in [5.74, 6) is -0.984. The molecule has 0 aliphatic carbocycles. The van der Waals surface area contributed by atoms with Gasteiger partial charge in [0.05, 0.1) is 23.3 Å². The van der Waals surface area contributed by atoms with Gasteiger partial charge in [-0.2, -0.15) is 4.98 Å². The van der Waals surface area contributed by atoms with Gasteiger partial charge in [0.25, 0.3) is 15.9 Å². The Morgan fingerprint density at radius 1 is 1.06 bits per heavy atom. The zero-order chi connectivity index (χ0) is 25.3. The van der Waals surface area contributed by atoms with Crippen molar-refractivity contribution >= 4 is 39.1 Å². The van der Waals surface area contributed by atoms with E-state index in [1.165, 1.54) is 42.8 Å². The number of carbonyl (C=O) groups is 2. The van der Waals surface area contributed by atoms with Crippen LogP contribution >= 0.6 is 0 Å². The van der Waals surface area contributed by atoms with E-state index >= 15 is 0 Å². The second-order valence-electron chi connectivity index (χ2n) is 7.72. The van der Waals surface area contributed by atoms with Gasteiger partial charge < -0.3 is 10.5 Å². The number of benzene rings is 2. The van der Waals surface area contributed by atoms with E-state index in [0.717, 1.165) is 5.56 Å². The molecule has 180 valence electrons. The highest BCUT2D eigenvalue weighted by Gasteiger charge is 2.22. The zero-order valence-corrected chi connectivity index (χ0v) is 19.9. The number of hydrogen-bond acceptors (Lipinski definition) is 7. The van der Waals surface area contributed by atoms with Gasteiger partial charge in [0.2, 0.25) is 11.9 Å². The highest BCUT2D eigenvalue weighted by Crippen LogP contribution is 2.36. The molecular formula is C23H22N6O5S. The molecule has 2 aromatic heterocycles. The van der Waals surface area contributed by atoms with E-state index in [9.17, 15) is 18.0 Å². The average molecular weight is 495 g/mol. The number of amides is 2. The maximum absolute atomic E-state index is 13.0. The average Bonchev–Trinajstić information content (AvgIpc) is 3.19. The van der Waals surface area contributed by atoms with Gasteiger partial charge in [0.15, 0.2) is 11.4 Å². The van der Waals surface area contributed by atoms with Crippen LogP contribution in [0.15, 0.2) is 59.6 Å². The fraction of sp³-hybridized carbons (Fsp3) is 0.130. The summed E-state index contributed by atoms with van der Waals surface area (Å²) in [6, 6.07) is 12.7. The minimum atomic E-state index is -4.00. The third kappa shape index (κ3) is 4.92. The van der Waals surface area contributed by atoms with E-state index in [1.54, 1.807) is 30.5 Å². The molecule has 4 N–H and O–H groups in total. The van der Waals surface area contributed by atoms with E-state index in [4.69, 9.17) is 10.5 Å². The number of anilines is 2. The molecule has 0 radical (unpaired) electrons. The number of aromatic nitrogens is 3. The van der Waals surface area contributed by atoms with Crippen LogP contribution in [-0.2, 0) is 14.8 Å². The third-order valence-corrected chi connectivity index (χ3v) is 6.47. The number of methoxy groups -OCH3 is 1. The van der Waals surface area contributed by atoms with Crippen LogP contribution in [-0.4, -0.2) is 41.9 Å². The molecule has 0 aliphatic rings. The second kappa shape index (κ2) is 9.06. The molecule has 4 rings (SSSR count). The number of pyridine rings is 1. The summed E-state index contributed by atoms with van der Waals surface area (Å²) >= 11 is 0. The molecule has 0 unspecified atom stereocenters. The van der Waals surface area contributed by atoms with E-state index < -0.39 is 15.9 Å². The summed E-state index contributed by atoms with van der Waals surface area (Å²) < 4.78 is 35.4. The van der Waals surface area contributed by atoms with Crippen molar-refractivity contribution in [2.45, 2.75) is 18.7 Å². The first-order valence-corrected chi connectivity index (χ1v) is 11.8. The van der Waals surface area contributed by atoms with Crippen molar-refractivity contribution in [1.82, 2.24) is 14.6 Å². The molecule has 11 nitrogen and oxygen atoms in total. The van der Waals surface area contributed by atoms with Gasteiger partial charge in [0, 0.05) is 18.7 Å². The number of nitrogens with zero attached hydrogens (tertiary/aromatic N) is 3. The first-order valence-electron chi connectivity index (χ1n) is 10.3. The molecule has 35 heavy (non-hydrogen) atoms. The molecule has 0 atom stereocenters. The lowest BCUT2D eigenvalue weighted by atomic mass is 10.0. The Bertz CT molecular complexity index is 1560. The van der Waals surface area contributed by atoms with E-state index in [2.05, 4.69) is 20.1 Å². The smallest absolute Gasteiger partial charge is 0.262 e. The standard InChI is InChI=1S/C23H22N6O5S/c1-13-4-7-17(8-5-13)35(32,33)28-19-11-16(10-18(22(24)31)21(19)34-3)15-6-9-20-26-23(25-14(2)30)27-29(20)12-15/h4-12,28H,1-3H3,(H2,24,31)(H,25,27,30). The van der Waals surface area contributed by atoms with Gasteiger partial charge >= 0.3 is 0 Å². The van der Waals surface area contributed by atoms with Crippen LogP contribution < -0.4 is 20.5 Å². The van der Waals surface area contributed by atoms with Crippen LogP contribution in [0, 0.1) is 6.92 Å². The van der Waals surface area contributed by atoms with Gasteiger partial charge in [-0.1, -0.05) is 17.7 Å². The summed E-state index contributed by atoms with van der Waals surface area (Å²) in [4.78, 5) is 27.8. The molecule has 2 aromatic carbocycles. The fourth-order valence-electron chi connectivity index (χ4n) is 3.46. The first-order chi connectivity index (χ1) is 16.6. The van der Waals surface area contributed by atoms with Crippen LogP contribution in [0.2, 0.25) is 0 Å². The van der Waals surface area contributed by atoms with Crippen molar-refractivity contribution in [3.63, 3.8) is 0 Å². The van der Waals surface area contributed by atoms with Crippen molar-refractivity contribution < 1.29 is 22.7 Å². The molecular weight excluding hydrogens is 472 g/mol. The Kier molecular flexibility index (Phi) is 6.14. The molecule has 12 heteroatoms. The number of fused-ring (bicyclic) bond motifs is 1. The van der Waals surface area contributed by atoms with Gasteiger partial charge in [-0.15, -0.1) is 5.10 Å². The minimum Gasteiger partial charge on any atom is -0.494 e. The maximum atomic E-state index is 13.0. The summed E-state index contributed by atoms with van der Waals surface area (Å²) in [5.41, 5.74) is 8.04. The Hall–Kier alpha value is -4.45. The summed E-state index contributed by atoms with van der Waals surface area (Å²) in [6.07, 6.45) is 1.62. The number of hydrogen-bond donors (Lipinski definition) is 3. The van der Waals surface area contributed by atoms with Crippen molar-refractivity contribution in [3.8, 4) is 16.9 Å². The van der Waals surface area contributed by atoms with Gasteiger partial charge in [-0.3, -0.25) is 19.6 Å². The predicted molar refractivity (Wildman–Crippen MR) is 130 cm³/mol. The topological polar surface area (TPSA) is 158 Å². The third-order valence-electron chi connectivity index (χ3n) is 5.09. The minimum absolute atomic E-state index is 0.00767. The lowest BCUT2D eigenvalue weighted by molar-refractivity contribution is -0.114. The van der Waals surface area contributed by atoms with E-state index in [1.807, 2.05) is 6.92 Å². The van der Waals surface area contributed by atoms with Crippen LogP contribution in [0.25, 0.3) is 16.8 Å². The first kappa shape index (κ1) is 23.7. The zero-order valence-electron chi connectivity index (χ0n) is 19.1. The Labute approximate surface area is 201 Å². The molecule has 2 heterocycles. The quantitative estimate of drug-likeness (QED) is 0.356. The van der Waals surface area contributed by atoms with Crippen LogP contribution in [0.4, 0.5) is 11.6 Å². The van der Waals surface area contributed by atoms with Gasteiger partial charge in [-0.05, 0) is 48.9 Å². The Morgan fingerprint density at radius 3 is 2.40 bits per heavy atom. The number of nitrogens with two attached hydrogens (primary N) is 1. The number of aryl methyl sites for hydroxylation is 1. The van der Waals surface area contributed by atoms with Crippen molar-refractivity contribution in [3.05, 3.63) is 65.9 Å². The number of ether oxygens (including phenoxy) is 1. The largest absolute Gasteiger partial charge is 0.494 e. The lowest BCUT2D eigenvalue weighted by Crippen LogP contribution is -2.17. The Balaban J connectivity index is 1.82. The van der Waals surface area contributed by atoms with Crippen molar-refractivity contribution in [2.75, 3.05) is 17.1 Å². The molecule has 0 bridgehead atoms. The highest BCUT2D eigenvalue weighted by molar-refractivity contribution is 7.92. The van der Waals surface area contributed by atoms with E-state index in [-0.39, 0.29) is 33.8 Å². The van der Waals surface area contributed by atoms with Crippen molar-refractivity contribution in [1.29, 1.82) is 0 Å². The molecule has 0 saturated carbocycles. The molecule has 2 amide bonds. The van der Waals surface area contributed by atoms with Gasteiger partial charge in [0.1, 0.15) is 0 Å². The van der Waals surface area contributed by atoms with Crippen LogP contribution in [0.5, 0.6) is 5.75 Å². The normalized spacial score (nSPS) is 11.3. The number of nitrogens with one attached hydrogen (secondary N) is 2. The van der Waals surface area contributed by atoms with Crippen LogP contribution in [0.3, 0.4) is 0 Å². The molecule has 0 fully saturated rings. The van der Waals surface area contributed by atoms with E-state index in [0.29, 0.717) is 16.8 Å². The summed E-state index contributed by atoms with van der Waals surface area (Å²) in [7, 11) is -2.68. The summed E-state index contributed by atoms with van der Waals surface area (Å²) in [6.45, 7) is 3.19.